The molecule has 0 aromatic heterocycles. The van der Waals surface area contributed by atoms with E-state index in [0.717, 1.165) is 31.7 Å². The predicted molar refractivity (Wildman–Crippen MR) is 102 cm³/mol. The van der Waals surface area contributed by atoms with E-state index < -0.39 is 5.60 Å². The van der Waals surface area contributed by atoms with Crippen LogP contribution in [-0.4, -0.2) is 36.8 Å². The quantitative estimate of drug-likeness (QED) is 0.776. The van der Waals surface area contributed by atoms with E-state index in [4.69, 9.17) is 9.47 Å². The van der Waals surface area contributed by atoms with Crippen LogP contribution in [0.2, 0.25) is 0 Å². The highest BCUT2D eigenvalue weighted by Gasteiger charge is 2.25. The molecule has 1 aromatic carbocycles. The first-order valence-electron chi connectivity index (χ1n) is 9.01. The van der Waals surface area contributed by atoms with Crippen molar-refractivity contribution in [2.24, 2.45) is 5.92 Å². The minimum Gasteiger partial charge on any atom is -0.497 e. The van der Waals surface area contributed by atoms with Crippen LogP contribution in [-0.2, 0) is 4.74 Å². The average molecular weight is 345 g/mol. The normalized spacial score (nSPS) is 16.3. The lowest BCUT2D eigenvalue weighted by Crippen LogP contribution is -2.41. The Bertz CT molecular complexity index is 612. The molecule has 0 aliphatic carbocycles. The molecule has 138 valence electrons. The van der Waals surface area contributed by atoms with E-state index >= 15 is 0 Å². The fraction of sp³-hybridized carbons (Fsp3) is 0.571. The molecule has 1 aliphatic heterocycles. The number of benzene rings is 1. The first-order chi connectivity index (χ1) is 11.7. The van der Waals surface area contributed by atoms with E-state index in [2.05, 4.69) is 38.1 Å². The molecule has 4 nitrogen and oxygen atoms in total. The molecule has 0 atom stereocenters. The lowest BCUT2D eigenvalue weighted by Gasteiger charge is -2.32. The second-order valence-electron chi connectivity index (χ2n) is 7.84. The molecular weight excluding hydrogens is 314 g/mol. The Morgan fingerprint density at radius 3 is 2.20 bits per heavy atom. The van der Waals surface area contributed by atoms with Crippen LogP contribution in [0.15, 0.2) is 18.2 Å². The zero-order valence-electron chi connectivity index (χ0n) is 16.4. The molecule has 0 saturated carbocycles. The van der Waals surface area contributed by atoms with Crippen molar-refractivity contribution in [2.75, 3.05) is 20.2 Å². The molecule has 0 unspecified atom stereocenters. The number of likely N-dealkylation sites (tertiary alicyclic amines) is 1. The molecule has 0 N–H and O–H groups in total. The first kappa shape index (κ1) is 19.4. The van der Waals surface area contributed by atoms with Gasteiger partial charge in [-0.15, -0.1) is 0 Å². The number of aryl methyl sites for hydroxylation is 2. The van der Waals surface area contributed by atoms with Gasteiger partial charge in [0.15, 0.2) is 0 Å². The minimum absolute atomic E-state index is 0.197. The van der Waals surface area contributed by atoms with Crippen molar-refractivity contribution in [3.63, 3.8) is 0 Å². The number of hydrogen-bond donors (Lipinski definition) is 0. The zero-order chi connectivity index (χ0) is 18.6. The van der Waals surface area contributed by atoms with Crippen molar-refractivity contribution < 1.29 is 14.3 Å². The number of hydrogen-bond acceptors (Lipinski definition) is 3. The smallest absolute Gasteiger partial charge is 0.410 e. The van der Waals surface area contributed by atoms with Crippen molar-refractivity contribution in [3.05, 3.63) is 34.9 Å². The summed E-state index contributed by atoms with van der Waals surface area (Å²) in [5.41, 5.74) is 3.27. The average Bonchev–Trinajstić information content (AvgIpc) is 2.52. The lowest BCUT2D eigenvalue weighted by molar-refractivity contribution is 0.0197. The maximum absolute atomic E-state index is 12.1. The SMILES string of the molecule is COc1cc(C)c(/C=C/C2CCN(C(=O)OC(C)(C)C)CC2)c(C)c1. The summed E-state index contributed by atoms with van der Waals surface area (Å²) in [7, 11) is 1.70. The highest BCUT2D eigenvalue weighted by molar-refractivity contribution is 5.68. The Balaban J connectivity index is 1.94. The van der Waals surface area contributed by atoms with Crippen LogP contribution < -0.4 is 4.74 Å². The van der Waals surface area contributed by atoms with Crippen molar-refractivity contribution in [2.45, 2.75) is 53.1 Å². The Kier molecular flexibility index (Phi) is 6.15. The van der Waals surface area contributed by atoms with Gasteiger partial charge in [-0.1, -0.05) is 12.2 Å². The maximum atomic E-state index is 12.1. The minimum atomic E-state index is -0.433. The summed E-state index contributed by atoms with van der Waals surface area (Å²) in [6.45, 7) is 11.4. The van der Waals surface area contributed by atoms with Crippen molar-refractivity contribution >= 4 is 12.2 Å². The molecule has 1 saturated heterocycles. The van der Waals surface area contributed by atoms with Crippen LogP contribution in [0.3, 0.4) is 0 Å². The molecule has 4 heteroatoms. The van der Waals surface area contributed by atoms with Gasteiger partial charge in [0.1, 0.15) is 11.4 Å². The third-order valence-corrected chi connectivity index (χ3v) is 4.53. The second kappa shape index (κ2) is 7.94. The summed E-state index contributed by atoms with van der Waals surface area (Å²) in [4.78, 5) is 13.9. The molecule has 1 aromatic rings. The number of piperidine rings is 1. The number of carbonyl (C=O) groups excluding carboxylic acids is 1. The number of allylic oxidation sites excluding steroid dienone is 1. The summed E-state index contributed by atoms with van der Waals surface area (Å²) >= 11 is 0. The molecular formula is C21H31NO3. The molecule has 1 heterocycles. The molecule has 1 aliphatic rings. The van der Waals surface area contributed by atoms with Crippen molar-refractivity contribution in [3.8, 4) is 5.75 Å². The molecule has 1 amide bonds. The van der Waals surface area contributed by atoms with E-state index in [1.165, 1.54) is 16.7 Å². The van der Waals surface area contributed by atoms with E-state index in [-0.39, 0.29) is 6.09 Å². The standard InChI is InChI=1S/C21H31NO3/c1-15-13-18(24-6)14-16(2)19(15)8-7-17-9-11-22(12-10-17)20(23)25-21(3,4)5/h7-8,13-14,17H,9-12H2,1-6H3/b8-7+. The van der Waals surface area contributed by atoms with Gasteiger partial charge in [0.25, 0.3) is 0 Å². The Labute approximate surface area is 151 Å². The van der Waals surface area contributed by atoms with Gasteiger partial charge in [0, 0.05) is 13.1 Å². The molecule has 1 fully saturated rings. The van der Waals surface area contributed by atoms with E-state index in [9.17, 15) is 4.79 Å². The Morgan fingerprint density at radius 1 is 1.16 bits per heavy atom. The van der Waals surface area contributed by atoms with Crippen molar-refractivity contribution in [1.82, 2.24) is 4.90 Å². The van der Waals surface area contributed by atoms with Crippen LogP contribution in [0.4, 0.5) is 4.79 Å². The first-order valence-corrected chi connectivity index (χ1v) is 9.01. The van der Waals surface area contributed by atoms with Crippen LogP contribution in [0, 0.1) is 19.8 Å². The molecule has 0 spiro atoms. The topological polar surface area (TPSA) is 38.8 Å². The Hall–Kier alpha value is -1.97. The third kappa shape index (κ3) is 5.52. The number of methoxy groups -OCH3 is 1. The van der Waals surface area contributed by atoms with E-state index in [1.807, 2.05) is 25.7 Å². The molecule has 0 radical (unpaired) electrons. The van der Waals surface area contributed by atoms with Gasteiger partial charge in [-0.2, -0.15) is 0 Å². The highest BCUT2D eigenvalue weighted by Crippen LogP contribution is 2.25. The number of ether oxygens (including phenoxy) is 2. The predicted octanol–water partition coefficient (Wildman–Crippen LogP) is 4.97. The zero-order valence-corrected chi connectivity index (χ0v) is 16.4. The van der Waals surface area contributed by atoms with E-state index in [1.54, 1.807) is 7.11 Å². The van der Waals surface area contributed by atoms with Gasteiger partial charge in [-0.25, -0.2) is 4.79 Å². The summed E-state index contributed by atoms with van der Waals surface area (Å²) in [6.07, 6.45) is 6.26. The van der Waals surface area contributed by atoms with Crippen LogP contribution in [0.5, 0.6) is 5.75 Å². The largest absolute Gasteiger partial charge is 0.497 e. The number of carbonyl (C=O) groups is 1. The number of amides is 1. The summed E-state index contributed by atoms with van der Waals surface area (Å²) in [5, 5.41) is 0. The van der Waals surface area contributed by atoms with Gasteiger partial charge in [0.05, 0.1) is 7.11 Å². The number of rotatable bonds is 3. The third-order valence-electron chi connectivity index (χ3n) is 4.53. The van der Waals surface area contributed by atoms with Crippen LogP contribution in [0.25, 0.3) is 6.08 Å². The van der Waals surface area contributed by atoms with Gasteiger partial charge in [-0.05, 0) is 82.2 Å². The monoisotopic (exact) mass is 345 g/mol. The number of nitrogens with zero attached hydrogens (tertiary/aromatic N) is 1. The van der Waals surface area contributed by atoms with Crippen LogP contribution in [0.1, 0.15) is 50.3 Å². The van der Waals surface area contributed by atoms with Gasteiger partial charge >= 0.3 is 6.09 Å². The summed E-state index contributed by atoms with van der Waals surface area (Å²) in [6, 6.07) is 4.13. The van der Waals surface area contributed by atoms with Gasteiger partial charge < -0.3 is 14.4 Å². The maximum Gasteiger partial charge on any atom is 0.410 e. The van der Waals surface area contributed by atoms with Gasteiger partial charge in [-0.3, -0.25) is 0 Å². The fourth-order valence-corrected chi connectivity index (χ4v) is 3.15. The highest BCUT2D eigenvalue weighted by atomic mass is 16.6. The van der Waals surface area contributed by atoms with Gasteiger partial charge in [0.2, 0.25) is 0 Å². The fourth-order valence-electron chi connectivity index (χ4n) is 3.15. The molecule has 2 rings (SSSR count). The summed E-state index contributed by atoms with van der Waals surface area (Å²) in [5.74, 6) is 1.40. The van der Waals surface area contributed by atoms with Crippen molar-refractivity contribution in [1.29, 1.82) is 0 Å². The van der Waals surface area contributed by atoms with Crippen LogP contribution >= 0.6 is 0 Å². The molecule has 0 bridgehead atoms. The molecule has 25 heavy (non-hydrogen) atoms. The summed E-state index contributed by atoms with van der Waals surface area (Å²) < 4.78 is 10.8. The lowest BCUT2D eigenvalue weighted by atomic mass is 9.94. The van der Waals surface area contributed by atoms with E-state index in [0.29, 0.717) is 5.92 Å². The Morgan fingerprint density at radius 2 is 1.72 bits per heavy atom. The second-order valence-corrected chi connectivity index (χ2v) is 7.84.